The Morgan fingerprint density at radius 3 is 1.75 bits per heavy atom. The minimum absolute atomic E-state index is 0.597. The van der Waals surface area contributed by atoms with Crippen LogP contribution >= 0.6 is 0 Å². The monoisotopic (exact) mass is 215 g/mol. The Labute approximate surface area is 96.5 Å². The molecule has 2 nitrogen and oxygen atoms in total. The molecule has 0 aliphatic carbocycles. The van der Waals surface area contributed by atoms with Crippen LogP contribution in [0, 0.1) is 5.41 Å². The summed E-state index contributed by atoms with van der Waals surface area (Å²) in [5.74, 6) is 1.39. The molecule has 1 rings (SSSR count). The van der Waals surface area contributed by atoms with Crippen molar-refractivity contribution in [1.29, 1.82) is 5.41 Å². The van der Waals surface area contributed by atoms with Crippen LogP contribution < -0.4 is 0 Å². The van der Waals surface area contributed by atoms with E-state index in [0.717, 1.165) is 16.9 Å². The molecule has 0 aliphatic heterocycles. The van der Waals surface area contributed by atoms with Crippen LogP contribution in [0.3, 0.4) is 0 Å². The molecule has 1 N–H and O–H groups in total. The van der Waals surface area contributed by atoms with Crippen molar-refractivity contribution < 1.29 is 4.42 Å². The van der Waals surface area contributed by atoms with Crippen molar-refractivity contribution in [2.24, 2.45) is 0 Å². The summed E-state index contributed by atoms with van der Waals surface area (Å²) in [5, 5.41) is 7.34. The lowest BCUT2D eigenvalue weighted by molar-refractivity contribution is 0.548. The lowest BCUT2D eigenvalue weighted by atomic mass is 10.1. The zero-order valence-corrected chi connectivity index (χ0v) is 9.95. The molecule has 1 aromatic heterocycles. The van der Waals surface area contributed by atoms with Crippen LogP contribution in [0.15, 0.2) is 22.6 Å². The Kier molecular flexibility index (Phi) is 4.52. The first-order valence-electron chi connectivity index (χ1n) is 5.33. The lowest BCUT2D eigenvalue weighted by Crippen LogP contribution is -1.81. The maximum Gasteiger partial charge on any atom is 0.152 e. The number of furan rings is 1. The van der Waals surface area contributed by atoms with Crippen LogP contribution in [0.1, 0.15) is 43.4 Å². The zero-order chi connectivity index (χ0) is 12.0. The van der Waals surface area contributed by atoms with Crippen LogP contribution in [0.25, 0.3) is 18.2 Å². The van der Waals surface area contributed by atoms with Crippen molar-refractivity contribution in [1.82, 2.24) is 0 Å². The van der Waals surface area contributed by atoms with Crippen LogP contribution in [-0.4, -0.2) is 6.21 Å². The maximum atomic E-state index is 7.34. The van der Waals surface area contributed by atoms with Crippen molar-refractivity contribution in [3.8, 4) is 0 Å². The van der Waals surface area contributed by atoms with Gasteiger partial charge < -0.3 is 9.83 Å². The first kappa shape index (κ1) is 12.2. The van der Waals surface area contributed by atoms with Gasteiger partial charge in [-0.15, -0.1) is 0 Å². The van der Waals surface area contributed by atoms with Gasteiger partial charge in [0.15, 0.2) is 5.76 Å². The fraction of sp³-hybridized carbons (Fsp3) is 0.214. The molecule has 0 amide bonds. The third kappa shape index (κ3) is 2.40. The summed E-state index contributed by atoms with van der Waals surface area (Å²) < 4.78 is 5.61. The molecule has 2 heteroatoms. The Morgan fingerprint density at radius 1 is 0.812 bits per heavy atom. The smallest absolute Gasteiger partial charge is 0.152 e. The summed E-state index contributed by atoms with van der Waals surface area (Å²) in [5.41, 5.74) is 1.99. The maximum absolute atomic E-state index is 7.34. The Bertz CT molecular complexity index is 448. The third-order valence-electron chi connectivity index (χ3n) is 2.16. The molecule has 0 fully saturated rings. The van der Waals surface area contributed by atoms with Gasteiger partial charge in [-0.2, -0.15) is 0 Å². The van der Waals surface area contributed by atoms with Crippen molar-refractivity contribution in [3.05, 3.63) is 40.9 Å². The molecule has 0 bridgehead atoms. The molecule has 0 saturated heterocycles. The van der Waals surface area contributed by atoms with E-state index in [2.05, 4.69) is 0 Å². The van der Waals surface area contributed by atoms with Gasteiger partial charge in [-0.05, 0) is 26.8 Å². The minimum atomic E-state index is 0.597. The topological polar surface area (TPSA) is 37.0 Å². The second kappa shape index (κ2) is 5.91. The highest BCUT2D eigenvalue weighted by molar-refractivity contribution is 5.86. The molecule has 16 heavy (non-hydrogen) atoms. The van der Waals surface area contributed by atoms with E-state index in [1.165, 1.54) is 6.21 Å². The van der Waals surface area contributed by atoms with Crippen LogP contribution in [0.4, 0.5) is 0 Å². The number of hydrogen-bond acceptors (Lipinski definition) is 2. The summed E-state index contributed by atoms with van der Waals surface area (Å²) >= 11 is 0. The van der Waals surface area contributed by atoms with Crippen molar-refractivity contribution in [3.63, 3.8) is 0 Å². The van der Waals surface area contributed by atoms with E-state index in [1.54, 1.807) is 0 Å². The van der Waals surface area contributed by atoms with E-state index in [-0.39, 0.29) is 0 Å². The summed E-state index contributed by atoms with van der Waals surface area (Å²) in [6, 6.07) is 0. The van der Waals surface area contributed by atoms with Crippen LogP contribution in [-0.2, 0) is 0 Å². The van der Waals surface area contributed by atoms with Gasteiger partial charge in [0.25, 0.3) is 0 Å². The summed E-state index contributed by atoms with van der Waals surface area (Å²) in [4.78, 5) is 0. The lowest BCUT2D eigenvalue weighted by Gasteiger charge is -1.92. The van der Waals surface area contributed by atoms with Crippen molar-refractivity contribution in [2.75, 3.05) is 0 Å². The van der Waals surface area contributed by atoms with Gasteiger partial charge in [-0.1, -0.05) is 30.4 Å². The predicted octanol–water partition coefficient (Wildman–Crippen LogP) is 4.38. The average Bonchev–Trinajstić information content (AvgIpc) is 2.60. The molecule has 0 radical (unpaired) electrons. The van der Waals surface area contributed by atoms with E-state index >= 15 is 0 Å². The molecule has 0 aliphatic rings. The second-order valence-electron chi connectivity index (χ2n) is 3.30. The van der Waals surface area contributed by atoms with Crippen molar-refractivity contribution in [2.45, 2.75) is 20.8 Å². The number of allylic oxidation sites excluding steroid dienone is 3. The predicted molar refractivity (Wildman–Crippen MR) is 70.7 cm³/mol. The van der Waals surface area contributed by atoms with Gasteiger partial charge in [0.2, 0.25) is 0 Å². The van der Waals surface area contributed by atoms with Gasteiger partial charge >= 0.3 is 0 Å². The molecule has 0 spiro atoms. The average molecular weight is 215 g/mol. The van der Waals surface area contributed by atoms with Gasteiger partial charge in [0, 0.05) is 11.1 Å². The molecule has 1 aromatic rings. The Balaban J connectivity index is 3.46. The largest absolute Gasteiger partial charge is 0.454 e. The first-order valence-corrected chi connectivity index (χ1v) is 5.33. The highest BCUT2D eigenvalue weighted by Gasteiger charge is 2.12. The van der Waals surface area contributed by atoms with Crippen molar-refractivity contribution >= 4 is 24.4 Å². The van der Waals surface area contributed by atoms with E-state index in [9.17, 15) is 0 Å². The zero-order valence-electron chi connectivity index (χ0n) is 9.95. The highest BCUT2D eigenvalue weighted by Crippen LogP contribution is 2.26. The molecule has 0 unspecified atom stereocenters. The molecule has 0 atom stereocenters. The van der Waals surface area contributed by atoms with E-state index in [4.69, 9.17) is 9.83 Å². The van der Waals surface area contributed by atoms with Gasteiger partial charge in [-0.3, -0.25) is 0 Å². The molecular weight excluding hydrogens is 198 g/mol. The second-order valence-corrected chi connectivity index (χ2v) is 3.30. The highest BCUT2D eigenvalue weighted by atomic mass is 16.3. The number of nitrogens with one attached hydrogen (secondary N) is 1. The van der Waals surface area contributed by atoms with E-state index in [0.29, 0.717) is 5.76 Å². The number of rotatable bonds is 4. The third-order valence-corrected chi connectivity index (χ3v) is 2.16. The normalized spacial score (nSPS) is 12.2. The summed E-state index contributed by atoms with van der Waals surface area (Å²) in [7, 11) is 0. The molecule has 1 heterocycles. The molecular formula is C14H17NO. The van der Waals surface area contributed by atoms with Gasteiger partial charge in [0.05, 0.1) is 6.21 Å². The molecule has 0 aromatic carbocycles. The minimum Gasteiger partial charge on any atom is -0.454 e. The van der Waals surface area contributed by atoms with Crippen LogP contribution in [0.5, 0.6) is 0 Å². The Morgan fingerprint density at radius 2 is 1.31 bits per heavy atom. The molecule has 0 saturated carbocycles. The summed E-state index contributed by atoms with van der Waals surface area (Å²) in [6.45, 7) is 5.87. The van der Waals surface area contributed by atoms with E-state index < -0.39 is 0 Å². The Hall–Kier alpha value is -1.83. The van der Waals surface area contributed by atoms with E-state index in [1.807, 2.05) is 57.2 Å². The summed E-state index contributed by atoms with van der Waals surface area (Å²) in [6.07, 6.45) is 13.0. The fourth-order valence-electron chi connectivity index (χ4n) is 1.55. The number of hydrogen-bond donors (Lipinski definition) is 1. The molecule has 84 valence electrons. The first-order chi connectivity index (χ1) is 7.78. The van der Waals surface area contributed by atoms with Gasteiger partial charge in [0.1, 0.15) is 5.76 Å². The quantitative estimate of drug-likeness (QED) is 0.743. The fourth-order valence-corrected chi connectivity index (χ4v) is 1.55. The van der Waals surface area contributed by atoms with Gasteiger partial charge in [-0.25, -0.2) is 0 Å². The van der Waals surface area contributed by atoms with Crippen LogP contribution in [0.2, 0.25) is 0 Å². The standard InChI is InChI=1S/C14H17NO/c1-4-7-11-12(8-5-2)14(10-15)16-13(11)9-6-3/h4-10,15H,1-3H3/b7-4-,8-5-,9-6-,15-10?. The SMILES string of the molecule is C/C=C\c1oc(C=N)c(/C=C\C)c1/C=C\C.